The smallest absolute Gasteiger partial charge is 0.323 e. The maximum atomic E-state index is 11.7. The lowest BCUT2D eigenvalue weighted by Gasteiger charge is -2.17. The predicted octanol–water partition coefficient (Wildman–Crippen LogP) is 2.29. The van der Waals surface area contributed by atoms with Crippen molar-refractivity contribution in [1.29, 1.82) is 0 Å². The molecule has 2 rings (SSSR count). The van der Waals surface area contributed by atoms with Crippen molar-refractivity contribution in [2.75, 3.05) is 7.11 Å². The average molecular weight is 247 g/mol. The zero-order valence-corrected chi connectivity index (χ0v) is 11.1. The van der Waals surface area contributed by atoms with E-state index in [2.05, 4.69) is 30.4 Å². The van der Waals surface area contributed by atoms with Crippen molar-refractivity contribution in [1.82, 2.24) is 5.32 Å². The van der Waals surface area contributed by atoms with Crippen LogP contribution in [0.1, 0.15) is 30.9 Å². The highest BCUT2D eigenvalue weighted by Crippen LogP contribution is 2.33. The molecule has 98 valence electrons. The molecule has 0 spiro atoms. The molecule has 0 bridgehead atoms. The van der Waals surface area contributed by atoms with E-state index in [9.17, 15) is 4.79 Å². The van der Waals surface area contributed by atoms with Gasteiger partial charge in [0.25, 0.3) is 0 Å². The molecule has 3 nitrogen and oxygen atoms in total. The lowest BCUT2D eigenvalue weighted by molar-refractivity contribution is -0.143. The number of nitrogens with one attached hydrogen (secondary N) is 1. The Morgan fingerprint density at radius 1 is 1.39 bits per heavy atom. The van der Waals surface area contributed by atoms with Crippen LogP contribution >= 0.6 is 0 Å². The van der Waals surface area contributed by atoms with Gasteiger partial charge in [0.15, 0.2) is 0 Å². The summed E-state index contributed by atoms with van der Waals surface area (Å²) in [4.78, 5) is 11.7. The maximum Gasteiger partial charge on any atom is 0.323 e. The van der Waals surface area contributed by atoms with E-state index in [1.54, 1.807) is 0 Å². The van der Waals surface area contributed by atoms with Gasteiger partial charge in [0.05, 0.1) is 7.11 Å². The topological polar surface area (TPSA) is 38.3 Å². The van der Waals surface area contributed by atoms with Gasteiger partial charge in [-0.2, -0.15) is 0 Å². The van der Waals surface area contributed by atoms with Gasteiger partial charge >= 0.3 is 5.97 Å². The second kappa shape index (κ2) is 6.01. The third-order valence-electron chi connectivity index (χ3n) is 3.56. The number of aryl methyl sites for hydroxylation is 1. The van der Waals surface area contributed by atoms with Gasteiger partial charge in [-0.05, 0) is 36.3 Å². The number of benzene rings is 1. The second-order valence-corrected chi connectivity index (χ2v) is 4.84. The molecule has 1 N–H and O–H groups in total. The van der Waals surface area contributed by atoms with Crippen molar-refractivity contribution in [2.24, 2.45) is 5.92 Å². The highest BCUT2D eigenvalue weighted by atomic mass is 16.5. The summed E-state index contributed by atoms with van der Waals surface area (Å²) in [5.41, 5.74) is 2.61. The molecule has 0 aromatic heterocycles. The van der Waals surface area contributed by atoms with Crippen LogP contribution < -0.4 is 5.32 Å². The molecule has 1 aliphatic carbocycles. The summed E-state index contributed by atoms with van der Waals surface area (Å²) in [6.07, 6.45) is 3.27. The van der Waals surface area contributed by atoms with Crippen LogP contribution in [-0.2, 0) is 22.5 Å². The molecular weight excluding hydrogens is 226 g/mol. The molecule has 1 aromatic carbocycles. The van der Waals surface area contributed by atoms with E-state index >= 15 is 0 Å². The van der Waals surface area contributed by atoms with Gasteiger partial charge in [-0.3, -0.25) is 4.79 Å². The normalized spacial score (nSPS) is 16.3. The lowest BCUT2D eigenvalue weighted by Crippen LogP contribution is -2.39. The minimum Gasteiger partial charge on any atom is -0.468 e. The molecule has 3 heteroatoms. The monoisotopic (exact) mass is 247 g/mol. The Morgan fingerprint density at radius 2 is 2.06 bits per heavy atom. The van der Waals surface area contributed by atoms with Gasteiger partial charge in [-0.15, -0.1) is 0 Å². The molecule has 1 fully saturated rings. The summed E-state index contributed by atoms with van der Waals surface area (Å²) in [5.74, 6) is 0.331. The summed E-state index contributed by atoms with van der Waals surface area (Å²) < 4.78 is 4.86. The Kier molecular flexibility index (Phi) is 4.37. The zero-order chi connectivity index (χ0) is 13.0. The Labute approximate surface area is 109 Å². The highest BCUT2D eigenvalue weighted by Gasteiger charge is 2.36. The fourth-order valence-electron chi connectivity index (χ4n) is 2.29. The van der Waals surface area contributed by atoms with Crippen LogP contribution in [0, 0.1) is 5.92 Å². The summed E-state index contributed by atoms with van der Waals surface area (Å²) in [5, 5.41) is 3.35. The number of ether oxygens (including phenoxy) is 1. The Balaban J connectivity index is 1.98. The first kappa shape index (κ1) is 13.1. The van der Waals surface area contributed by atoms with Crippen molar-refractivity contribution in [2.45, 2.75) is 38.8 Å². The van der Waals surface area contributed by atoms with E-state index < -0.39 is 0 Å². The maximum absolute atomic E-state index is 11.7. The third-order valence-corrected chi connectivity index (χ3v) is 3.56. The van der Waals surface area contributed by atoms with Gasteiger partial charge in [-0.25, -0.2) is 0 Å². The van der Waals surface area contributed by atoms with E-state index in [4.69, 9.17) is 4.74 Å². The molecular formula is C15H21NO2. The molecule has 1 unspecified atom stereocenters. The van der Waals surface area contributed by atoms with Gasteiger partial charge in [0.2, 0.25) is 0 Å². The number of carbonyl (C=O) groups excluding carboxylic acids is 1. The Bertz CT molecular complexity index is 413. The number of methoxy groups -OCH3 is 1. The van der Waals surface area contributed by atoms with E-state index in [1.165, 1.54) is 18.2 Å². The Morgan fingerprint density at radius 3 is 2.61 bits per heavy atom. The number of hydrogen-bond donors (Lipinski definition) is 1. The summed E-state index contributed by atoms with van der Waals surface area (Å²) in [7, 11) is 1.46. The molecule has 0 saturated heterocycles. The van der Waals surface area contributed by atoms with E-state index in [-0.39, 0.29) is 12.0 Å². The summed E-state index contributed by atoms with van der Waals surface area (Å²) >= 11 is 0. The number of rotatable bonds is 6. The molecule has 1 aromatic rings. The van der Waals surface area contributed by atoms with Crippen LogP contribution in [0.25, 0.3) is 0 Å². The van der Waals surface area contributed by atoms with Crippen LogP contribution in [0.3, 0.4) is 0 Å². The van der Waals surface area contributed by atoms with Crippen molar-refractivity contribution in [3.63, 3.8) is 0 Å². The summed E-state index contributed by atoms with van der Waals surface area (Å²) in [6, 6.07) is 8.22. The van der Waals surface area contributed by atoms with Gasteiger partial charge < -0.3 is 10.1 Å². The van der Waals surface area contributed by atoms with Crippen molar-refractivity contribution >= 4 is 5.97 Å². The van der Waals surface area contributed by atoms with Crippen LogP contribution in [0.15, 0.2) is 24.3 Å². The highest BCUT2D eigenvalue weighted by molar-refractivity contribution is 5.76. The van der Waals surface area contributed by atoms with Gasteiger partial charge in [0.1, 0.15) is 6.04 Å². The fraction of sp³-hybridized carbons (Fsp3) is 0.533. The molecule has 0 aliphatic heterocycles. The van der Waals surface area contributed by atoms with E-state index in [1.807, 2.05) is 6.07 Å². The summed E-state index contributed by atoms with van der Waals surface area (Å²) in [6.45, 7) is 2.89. The molecule has 1 saturated carbocycles. The number of hydrogen-bond acceptors (Lipinski definition) is 3. The standard InChI is InChI=1S/C15H21NO2/c1-3-11-6-4-5-7-13(11)10-16-14(12-8-9-12)15(17)18-2/h4-7,12,14,16H,3,8-10H2,1-2H3. The van der Waals surface area contributed by atoms with Crippen LogP contribution in [0.4, 0.5) is 0 Å². The van der Waals surface area contributed by atoms with Crippen molar-refractivity contribution in [3.05, 3.63) is 35.4 Å². The van der Waals surface area contributed by atoms with Crippen LogP contribution in [-0.4, -0.2) is 19.1 Å². The van der Waals surface area contributed by atoms with E-state index in [0.717, 1.165) is 25.8 Å². The first-order valence-corrected chi connectivity index (χ1v) is 6.64. The Hall–Kier alpha value is -1.35. The minimum absolute atomic E-state index is 0.133. The molecule has 1 aliphatic rings. The van der Waals surface area contributed by atoms with Crippen molar-refractivity contribution < 1.29 is 9.53 Å². The largest absolute Gasteiger partial charge is 0.468 e. The number of esters is 1. The quantitative estimate of drug-likeness (QED) is 0.784. The van der Waals surface area contributed by atoms with Crippen molar-refractivity contribution in [3.8, 4) is 0 Å². The van der Waals surface area contributed by atoms with Crippen LogP contribution in [0.5, 0.6) is 0 Å². The minimum atomic E-state index is -0.139. The fourth-order valence-corrected chi connectivity index (χ4v) is 2.29. The zero-order valence-electron chi connectivity index (χ0n) is 11.1. The first-order chi connectivity index (χ1) is 8.76. The molecule has 0 heterocycles. The van der Waals surface area contributed by atoms with Gasteiger partial charge in [0, 0.05) is 6.54 Å². The first-order valence-electron chi connectivity index (χ1n) is 6.64. The predicted molar refractivity (Wildman–Crippen MR) is 71.2 cm³/mol. The lowest BCUT2D eigenvalue weighted by atomic mass is 10.0. The number of carbonyl (C=O) groups is 1. The van der Waals surface area contributed by atoms with Gasteiger partial charge in [-0.1, -0.05) is 31.2 Å². The molecule has 1 atom stereocenters. The van der Waals surface area contributed by atoms with E-state index in [0.29, 0.717) is 5.92 Å². The second-order valence-electron chi connectivity index (χ2n) is 4.84. The third kappa shape index (κ3) is 3.10. The van der Waals surface area contributed by atoms with Crippen LogP contribution in [0.2, 0.25) is 0 Å². The SMILES string of the molecule is CCc1ccccc1CNC(C(=O)OC)C1CC1. The average Bonchev–Trinajstić information content (AvgIpc) is 3.23. The molecule has 18 heavy (non-hydrogen) atoms. The molecule has 0 radical (unpaired) electrons. The molecule has 0 amide bonds.